The van der Waals surface area contributed by atoms with E-state index in [4.69, 9.17) is 37.4 Å². The van der Waals surface area contributed by atoms with Crippen molar-refractivity contribution in [2.75, 3.05) is 13.2 Å². The van der Waals surface area contributed by atoms with Crippen LogP contribution in [0.1, 0.15) is 36.1 Å². The Morgan fingerprint density at radius 3 is 1.47 bits per heavy atom. The van der Waals surface area contributed by atoms with E-state index in [2.05, 4.69) is 12.1 Å². The molecule has 43 heavy (non-hydrogen) atoms. The second-order valence-electron chi connectivity index (χ2n) is 9.22. The molecular formula is C30H24Cl2N4O7. The maximum atomic E-state index is 12.2. The van der Waals surface area contributed by atoms with Crippen LogP contribution in [0.2, 0.25) is 0 Å². The summed E-state index contributed by atoms with van der Waals surface area (Å²) in [6.45, 7) is 3.27. The summed E-state index contributed by atoms with van der Waals surface area (Å²) in [6.07, 6.45) is 2.72. The molecule has 0 spiro atoms. The number of benzene rings is 2. The van der Waals surface area contributed by atoms with Gasteiger partial charge in [-0.1, -0.05) is 36.4 Å². The van der Waals surface area contributed by atoms with E-state index < -0.39 is 32.1 Å². The Kier molecular flexibility index (Phi) is 9.22. The summed E-state index contributed by atoms with van der Waals surface area (Å²) in [5.41, 5.74) is 1.13. The summed E-state index contributed by atoms with van der Waals surface area (Å²) >= 11 is 13.0. The molecule has 0 saturated carbocycles. The molecule has 0 radical (unpaired) electrons. The molecule has 0 aliphatic heterocycles. The van der Waals surface area contributed by atoms with Crippen LogP contribution in [0.3, 0.4) is 0 Å². The molecule has 2 aliphatic carbocycles. The Balaban J connectivity index is 1.99. The third-order valence-electron chi connectivity index (χ3n) is 6.76. The first kappa shape index (κ1) is 31.3. The number of hydrogen-bond donors (Lipinski definition) is 0. The average Bonchev–Trinajstić information content (AvgIpc) is 3.00. The number of nitrogens with zero attached hydrogens (tertiary/aromatic N) is 4. The van der Waals surface area contributed by atoms with Gasteiger partial charge in [0.05, 0.1) is 46.3 Å². The Bertz CT molecular complexity index is 1550. The quantitative estimate of drug-likeness (QED) is 0.102. The van der Waals surface area contributed by atoms with Gasteiger partial charge in [0.1, 0.15) is 12.2 Å². The molecule has 4 atom stereocenters. The Labute approximate surface area is 256 Å². The lowest BCUT2D eigenvalue weighted by Crippen LogP contribution is -2.41. The molecule has 0 saturated heterocycles. The number of ether oxygens (including phenoxy) is 3. The molecule has 13 heteroatoms. The van der Waals surface area contributed by atoms with Gasteiger partial charge in [-0.15, -0.1) is 0 Å². The van der Waals surface area contributed by atoms with Crippen LogP contribution in [0, 0.1) is 42.9 Å². The maximum Gasteiger partial charge on any atom is 0.370 e. The van der Waals surface area contributed by atoms with Crippen molar-refractivity contribution in [3.8, 4) is 12.1 Å². The van der Waals surface area contributed by atoms with Crippen molar-refractivity contribution in [3.63, 3.8) is 0 Å². The standard InChI is InChI=1S/C30H24Cl2N4O7/c1-3-41-27-25(21-11-7-5-9-19(21)17-33)23(13-15-29(27,31)35(37)38)43-24-14-16-30(32,36(39)40)28(42-4-2)26(24)22-12-8-6-10-20(22)18-34/h5-16,23-24H,3-4H2,1-2H3. The summed E-state index contributed by atoms with van der Waals surface area (Å²) in [6, 6.07) is 16.9. The molecule has 11 nitrogen and oxygen atoms in total. The van der Waals surface area contributed by atoms with E-state index in [1.807, 2.05) is 0 Å². The van der Waals surface area contributed by atoms with Crippen LogP contribution >= 0.6 is 23.2 Å². The van der Waals surface area contributed by atoms with E-state index in [-0.39, 0.29) is 58.1 Å². The minimum atomic E-state index is -2.31. The van der Waals surface area contributed by atoms with Crippen molar-refractivity contribution in [1.82, 2.24) is 0 Å². The van der Waals surface area contributed by atoms with Crippen molar-refractivity contribution in [3.05, 3.63) is 127 Å². The molecule has 0 fully saturated rings. The van der Waals surface area contributed by atoms with Gasteiger partial charge in [-0.05, 0) is 61.3 Å². The number of rotatable bonds is 10. The van der Waals surface area contributed by atoms with Crippen LogP contribution in [-0.4, -0.2) is 45.3 Å². The van der Waals surface area contributed by atoms with Crippen molar-refractivity contribution in [1.29, 1.82) is 10.5 Å². The SMILES string of the molecule is CCOC1=C(c2ccccc2C#N)C(OC2C=CC(Cl)([N+](=O)[O-])C(OCC)=C2c2ccccc2C#N)C=CC1(Cl)[N+](=O)[O-]. The third-order valence-corrected chi connectivity index (χ3v) is 7.63. The minimum Gasteiger partial charge on any atom is -0.489 e. The van der Waals surface area contributed by atoms with E-state index in [1.54, 1.807) is 50.2 Å². The molecule has 2 aliphatic rings. The molecule has 4 unspecified atom stereocenters. The van der Waals surface area contributed by atoms with Gasteiger partial charge >= 0.3 is 10.00 Å². The summed E-state index contributed by atoms with van der Waals surface area (Å²) in [5.74, 6) is -0.497. The number of alkyl halides is 2. The molecule has 4 rings (SSSR count). The maximum absolute atomic E-state index is 12.2. The van der Waals surface area contributed by atoms with Crippen LogP contribution in [-0.2, 0) is 14.2 Å². The monoisotopic (exact) mass is 622 g/mol. The zero-order chi connectivity index (χ0) is 31.4. The highest BCUT2D eigenvalue weighted by Gasteiger charge is 2.53. The van der Waals surface area contributed by atoms with E-state index in [0.29, 0.717) is 0 Å². The van der Waals surface area contributed by atoms with Crippen LogP contribution in [0.25, 0.3) is 11.1 Å². The Morgan fingerprint density at radius 1 is 0.767 bits per heavy atom. The zero-order valence-corrected chi connectivity index (χ0v) is 24.4. The van der Waals surface area contributed by atoms with Crippen molar-refractivity contribution >= 4 is 34.3 Å². The van der Waals surface area contributed by atoms with E-state index in [1.165, 1.54) is 24.3 Å². The first-order valence-corrected chi connectivity index (χ1v) is 13.8. The third kappa shape index (κ3) is 5.58. The fourth-order valence-corrected chi connectivity index (χ4v) is 5.37. The predicted octanol–water partition coefficient (Wildman–Crippen LogP) is 5.94. The van der Waals surface area contributed by atoms with Gasteiger partial charge in [-0.3, -0.25) is 20.2 Å². The van der Waals surface area contributed by atoms with Crippen molar-refractivity contribution < 1.29 is 24.1 Å². The highest BCUT2D eigenvalue weighted by Crippen LogP contribution is 2.46. The van der Waals surface area contributed by atoms with E-state index in [9.17, 15) is 30.8 Å². The molecule has 2 aromatic rings. The Morgan fingerprint density at radius 2 is 1.14 bits per heavy atom. The molecule has 0 aromatic heterocycles. The highest BCUT2D eigenvalue weighted by molar-refractivity contribution is 6.27. The lowest BCUT2D eigenvalue weighted by Gasteiger charge is -2.35. The van der Waals surface area contributed by atoms with Gasteiger partial charge in [0, 0.05) is 34.4 Å². The smallest absolute Gasteiger partial charge is 0.370 e. The van der Waals surface area contributed by atoms with Gasteiger partial charge in [-0.2, -0.15) is 10.5 Å². The lowest BCUT2D eigenvalue weighted by molar-refractivity contribution is -0.522. The second-order valence-corrected chi connectivity index (χ2v) is 10.4. The number of hydrogen-bond acceptors (Lipinski definition) is 9. The molecule has 2 aromatic carbocycles. The fraction of sp³-hybridized carbons (Fsp3) is 0.267. The number of nitro groups is 2. The first-order valence-electron chi connectivity index (χ1n) is 13.0. The molecule has 0 N–H and O–H groups in total. The normalized spacial score (nSPS) is 24.7. The topological polar surface area (TPSA) is 162 Å². The van der Waals surface area contributed by atoms with Crippen LogP contribution in [0.15, 0.2) is 84.4 Å². The zero-order valence-electron chi connectivity index (χ0n) is 22.9. The number of nitriles is 2. The number of halogens is 2. The van der Waals surface area contributed by atoms with Crippen molar-refractivity contribution in [2.24, 2.45) is 0 Å². The largest absolute Gasteiger partial charge is 0.489 e. The van der Waals surface area contributed by atoms with Gasteiger partial charge in [0.25, 0.3) is 0 Å². The van der Waals surface area contributed by atoms with Gasteiger partial charge in [0.15, 0.2) is 0 Å². The van der Waals surface area contributed by atoms with Crippen LogP contribution in [0.5, 0.6) is 0 Å². The van der Waals surface area contributed by atoms with Crippen LogP contribution < -0.4 is 0 Å². The molecule has 220 valence electrons. The highest BCUT2D eigenvalue weighted by atomic mass is 35.5. The summed E-state index contributed by atoms with van der Waals surface area (Å²) in [4.78, 5) is 18.4. The van der Waals surface area contributed by atoms with Gasteiger partial charge in [0.2, 0.25) is 11.5 Å². The van der Waals surface area contributed by atoms with Gasteiger partial charge < -0.3 is 14.2 Å². The van der Waals surface area contributed by atoms with Gasteiger partial charge in [-0.25, -0.2) is 0 Å². The predicted molar refractivity (Wildman–Crippen MR) is 158 cm³/mol. The van der Waals surface area contributed by atoms with Crippen LogP contribution in [0.4, 0.5) is 0 Å². The fourth-order valence-electron chi connectivity index (χ4n) is 4.91. The molecule has 0 heterocycles. The average molecular weight is 623 g/mol. The second kappa shape index (κ2) is 12.7. The first-order chi connectivity index (χ1) is 20.6. The minimum absolute atomic E-state index is 0.00649. The van der Waals surface area contributed by atoms with E-state index in [0.717, 1.165) is 12.2 Å². The van der Waals surface area contributed by atoms with Crippen molar-refractivity contribution in [2.45, 2.75) is 36.1 Å². The summed E-state index contributed by atoms with van der Waals surface area (Å²) in [7, 11) is 0. The van der Waals surface area contributed by atoms with E-state index >= 15 is 0 Å². The molecule has 0 amide bonds. The summed E-state index contributed by atoms with van der Waals surface area (Å²) < 4.78 is 18.1. The molecular weight excluding hydrogens is 599 g/mol. The Hall–Kier alpha value is -4.68. The lowest BCUT2D eigenvalue weighted by atomic mass is 9.86. The molecule has 0 bridgehead atoms. The summed E-state index contributed by atoms with van der Waals surface area (Å²) in [5, 5.41) is 44.2.